The highest BCUT2D eigenvalue weighted by Crippen LogP contribution is 2.24. The fourth-order valence-corrected chi connectivity index (χ4v) is 2.09. The van der Waals surface area contributed by atoms with E-state index in [4.69, 9.17) is 10.5 Å². The lowest BCUT2D eigenvalue weighted by atomic mass is 10.1. The number of hydrogen-bond donors (Lipinski definition) is 2. The van der Waals surface area contributed by atoms with E-state index in [2.05, 4.69) is 15.0 Å². The van der Waals surface area contributed by atoms with Gasteiger partial charge in [0, 0.05) is 12.8 Å². The molecule has 0 aliphatic rings. The quantitative estimate of drug-likeness (QED) is 0.614. The van der Waals surface area contributed by atoms with Crippen molar-refractivity contribution in [3.05, 3.63) is 60.2 Å². The van der Waals surface area contributed by atoms with E-state index in [0.29, 0.717) is 12.2 Å². The lowest BCUT2D eigenvalue weighted by Gasteiger charge is -2.14. The number of nitrogens with one attached hydrogen (secondary N) is 1. The molecule has 0 saturated carbocycles. The van der Waals surface area contributed by atoms with E-state index in [9.17, 15) is 13.2 Å². The van der Waals surface area contributed by atoms with E-state index in [1.165, 1.54) is 24.3 Å². The first-order valence-electron chi connectivity index (χ1n) is 7.38. The second-order valence-electron chi connectivity index (χ2n) is 5.06. The van der Waals surface area contributed by atoms with Crippen molar-refractivity contribution in [2.75, 3.05) is 19.0 Å². The Morgan fingerprint density at radius 1 is 1.12 bits per heavy atom. The van der Waals surface area contributed by atoms with Crippen molar-refractivity contribution in [2.45, 2.75) is 12.5 Å². The van der Waals surface area contributed by atoms with E-state index in [1.807, 2.05) is 30.3 Å². The molecule has 0 spiro atoms. The number of nitrogens with zero attached hydrogens (tertiary/aromatic N) is 1. The van der Waals surface area contributed by atoms with Crippen molar-refractivity contribution in [2.24, 2.45) is 10.7 Å². The zero-order valence-corrected chi connectivity index (χ0v) is 13.5. The minimum Gasteiger partial charge on any atom is -0.406 e. The first kappa shape index (κ1) is 18.6. The van der Waals surface area contributed by atoms with Gasteiger partial charge in [0.1, 0.15) is 11.9 Å². The Balaban J connectivity index is 1.94. The molecule has 0 aliphatic heterocycles. The van der Waals surface area contributed by atoms with Crippen LogP contribution in [0.25, 0.3) is 0 Å². The Bertz CT molecular complexity index is 689. The van der Waals surface area contributed by atoms with Crippen LogP contribution in [0.2, 0.25) is 0 Å². The Morgan fingerprint density at radius 3 is 2.32 bits per heavy atom. The van der Waals surface area contributed by atoms with E-state index in [0.717, 1.165) is 5.56 Å². The Labute approximate surface area is 143 Å². The van der Waals surface area contributed by atoms with Gasteiger partial charge in [-0.05, 0) is 29.8 Å². The first-order valence-corrected chi connectivity index (χ1v) is 7.38. The average Bonchev–Trinajstić information content (AvgIpc) is 2.57. The zero-order valence-electron chi connectivity index (χ0n) is 13.5. The van der Waals surface area contributed by atoms with Crippen LogP contribution in [0.15, 0.2) is 59.6 Å². The van der Waals surface area contributed by atoms with Crippen LogP contribution in [0.5, 0.6) is 5.75 Å². The number of guanidine groups is 1. The van der Waals surface area contributed by atoms with Gasteiger partial charge in [-0.3, -0.25) is 4.99 Å². The number of anilines is 1. The number of halogens is 3. The molecule has 2 aromatic rings. The highest BCUT2D eigenvalue weighted by atomic mass is 19.4. The second-order valence-corrected chi connectivity index (χ2v) is 5.06. The molecular formula is C17H18F3N3O2. The molecule has 0 fully saturated rings. The summed E-state index contributed by atoms with van der Waals surface area (Å²) in [6, 6.07) is 14.7. The lowest BCUT2D eigenvalue weighted by molar-refractivity contribution is -0.274. The minimum absolute atomic E-state index is 0.127. The van der Waals surface area contributed by atoms with Gasteiger partial charge in [0.2, 0.25) is 0 Å². The van der Waals surface area contributed by atoms with E-state index in [1.54, 1.807) is 7.11 Å². The Morgan fingerprint density at radius 2 is 1.76 bits per heavy atom. The van der Waals surface area contributed by atoms with Crippen molar-refractivity contribution in [1.82, 2.24) is 0 Å². The molecule has 0 heterocycles. The summed E-state index contributed by atoms with van der Waals surface area (Å²) < 4.78 is 45.5. The fourth-order valence-electron chi connectivity index (χ4n) is 2.09. The minimum atomic E-state index is -4.72. The predicted octanol–water partition coefficient (Wildman–Crippen LogP) is 3.70. The Kier molecular flexibility index (Phi) is 6.24. The molecule has 2 aromatic carbocycles. The molecule has 1 unspecified atom stereocenters. The third-order valence-corrected chi connectivity index (χ3v) is 3.24. The largest absolute Gasteiger partial charge is 0.573 e. The number of ether oxygens (including phenoxy) is 2. The number of benzene rings is 2. The molecule has 0 saturated heterocycles. The van der Waals surface area contributed by atoms with E-state index in [-0.39, 0.29) is 17.8 Å². The average molecular weight is 353 g/mol. The van der Waals surface area contributed by atoms with E-state index >= 15 is 0 Å². The maximum atomic E-state index is 12.1. The second kappa shape index (κ2) is 8.39. The van der Waals surface area contributed by atoms with Gasteiger partial charge in [-0.25, -0.2) is 0 Å². The first-order chi connectivity index (χ1) is 11.9. The number of nitrogens with two attached hydrogens (primary N) is 1. The highest BCUT2D eigenvalue weighted by Gasteiger charge is 2.30. The van der Waals surface area contributed by atoms with Gasteiger partial charge in [0.05, 0.1) is 6.54 Å². The molecule has 3 N–H and O–H groups in total. The van der Waals surface area contributed by atoms with E-state index < -0.39 is 6.36 Å². The Hall–Kier alpha value is -2.74. The van der Waals surface area contributed by atoms with Crippen LogP contribution in [0.4, 0.5) is 18.9 Å². The summed E-state index contributed by atoms with van der Waals surface area (Å²) in [7, 11) is 1.58. The van der Waals surface area contributed by atoms with Crippen LogP contribution < -0.4 is 15.8 Å². The van der Waals surface area contributed by atoms with Crippen molar-refractivity contribution in [3.8, 4) is 5.75 Å². The van der Waals surface area contributed by atoms with Gasteiger partial charge in [-0.2, -0.15) is 0 Å². The molecule has 1 atom stereocenters. The SMILES string of the molecule is COC(CN=C(N)Nc1ccc(OC(F)(F)F)cc1)c1ccccc1. The summed E-state index contributed by atoms with van der Waals surface area (Å²) in [6.07, 6.45) is -4.97. The third-order valence-electron chi connectivity index (χ3n) is 3.24. The summed E-state index contributed by atoms with van der Waals surface area (Å²) >= 11 is 0. The van der Waals surface area contributed by atoms with Crippen molar-refractivity contribution >= 4 is 11.6 Å². The number of aliphatic imine (C=N–C) groups is 1. The molecule has 0 aliphatic carbocycles. The number of rotatable bonds is 6. The fraction of sp³-hybridized carbons (Fsp3) is 0.235. The molecule has 134 valence electrons. The summed E-state index contributed by atoms with van der Waals surface area (Å²) in [6.45, 7) is 0.300. The van der Waals surface area contributed by atoms with Crippen molar-refractivity contribution < 1.29 is 22.6 Å². The summed E-state index contributed by atoms with van der Waals surface area (Å²) in [4.78, 5) is 4.20. The van der Waals surface area contributed by atoms with Crippen LogP contribution in [-0.2, 0) is 4.74 Å². The van der Waals surface area contributed by atoms with Gasteiger partial charge in [-0.15, -0.1) is 13.2 Å². The predicted molar refractivity (Wildman–Crippen MR) is 89.4 cm³/mol. The van der Waals surface area contributed by atoms with Gasteiger partial charge >= 0.3 is 6.36 Å². The number of alkyl halides is 3. The standard InChI is InChI=1S/C17H18F3N3O2/c1-24-15(12-5-3-2-4-6-12)11-22-16(21)23-13-7-9-14(10-8-13)25-17(18,19)20/h2-10,15H,11H2,1H3,(H3,21,22,23). The van der Waals surface area contributed by atoms with Crippen LogP contribution in [0.3, 0.4) is 0 Å². The smallest absolute Gasteiger partial charge is 0.406 e. The van der Waals surface area contributed by atoms with Crippen LogP contribution in [0, 0.1) is 0 Å². The summed E-state index contributed by atoms with van der Waals surface area (Å²) in [5.74, 6) is -0.181. The molecule has 0 radical (unpaired) electrons. The summed E-state index contributed by atoms with van der Waals surface area (Å²) in [5.41, 5.74) is 7.26. The van der Waals surface area contributed by atoms with Crippen LogP contribution >= 0.6 is 0 Å². The van der Waals surface area contributed by atoms with Crippen LogP contribution in [-0.4, -0.2) is 26.0 Å². The van der Waals surface area contributed by atoms with Gasteiger partial charge in [0.15, 0.2) is 5.96 Å². The summed E-state index contributed by atoms with van der Waals surface area (Å²) in [5, 5.41) is 2.80. The number of methoxy groups -OCH3 is 1. The normalized spacial score (nSPS) is 13.4. The third kappa shape index (κ3) is 6.34. The van der Waals surface area contributed by atoms with Crippen LogP contribution in [0.1, 0.15) is 11.7 Å². The monoisotopic (exact) mass is 353 g/mol. The molecule has 5 nitrogen and oxygen atoms in total. The van der Waals surface area contributed by atoms with Crippen molar-refractivity contribution in [3.63, 3.8) is 0 Å². The zero-order chi connectivity index (χ0) is 18.3. The topological polar surface area (TPSA) is 68.9 Å². The number of hydrogen-bond acceptors (Lipinski definition) is 3. The molecular weight excluding hydrogens is 335 g/mol. The van der Waals surface area contributed by atoms with Gasteiger partial charge in [-0.1, -0.05) is 30.3 Å². The molecule has 0 amide bonds. The molecule has 8 heteroatoms. The van der Waals surface area contributed by atoms with Gasteiger partial charge in [0.25, 0.3) is 0 Å². The maximum Gasteiger partial charge on any atom is 0.573 e. The molecule has 25 heavy (non-hydrogen) atoms. The van der Waals surface area contributed by atoms with Gasteiger partial charge < -0.3 is 20.5 Å². The lowest BCUT2D eigenvalue weighted by Crippen LogP contribution is -2.24. The molecule has 0 bridgehead atoms. The maximum absolute atomic E-state index is 12.1. The molecule has 0 aromatic heterocycles. The van der Waals surface area contributed by atoms with Crippen molar-refractivity contribution in [1.29, 1.82) is 0 Å². The highest BCUT2D eigenvalue weighted by molar-refractivity contribution is 5.92. The molecule has 2 rings (SSSR count).